The van der Waals surface area contributed by atoms with Crippen LogP contribution in [-0.2, 0) is 9.84 Å². The van der Waals surface area contributed by atoms with Crippen molar-refractivity contribution < 1.29 is 13.2 Å². The van der Waals surface area contributed by atoms with Crippen molar-refractivity contribution in [2.75, 3.05) is 5.32 Å². The fourth-order valence-electron chi connectivity index (χ4n) is 3.68. The van der Waals surface area contributed by atoms with Gasteiger partial charge < -0.3 is 5.32 Å². The topological polar surface area (TPSA) is 94.0 Å². The minimum Gasteiger partial charge on any atom is -0.322 e. The van der Waals surface area contributed by atoms with Gasteiger partial charge in [0.15, 0.2) is 15.7 Å². The molecule has 1 aliphatic carbocycles. The first-order valence-corrected chi connectivity index (χ1v) is 11.1. The number of aromatic nitrogens is 3. The van der Waals surface area contributed by atoms with E-state index in [1.54, 1.807) is 42.1 Å². The van der Waals surface area contributed by atoms with Gasteiger partial charge in [0.2, 0.25) is 0 Å². The SMILES string of the molecule is Cc1c(C(=O)Nc2cccc(S(=O)(=O)C3CCCC3)c2)cnn1-c1ccccn1. The van der Waals surface area contributed by atoms with E-state index in [2.05, 4.69) is 15.4 Å². The van der Waals surface area contributed by atoms with Gasteiger partial charge in [-0.2, -0.15) is 5.10 Å². The van der Waals surface area contributed by atoms with Crippen molar-refractivity contribution in [3.8, 4) is 5.82 Å². The number of rotatable bonds is 5. The first-order valence-electron chi connectivity index (χ1n) is 9.58. The van der Waals surface area contributed by atoms with E-state index in [9.17, 15) is 13.2 Å². The van der Waals surface area contributed by atoms with Gasteiger partial charge in [0, 0.05) is 11.9 Å². The molecule has 2 aromatic heterocycles. The molecule has 0 aliphatic heterocycles. The van der Waals surface area contributed by atoms with Crippen LogP contribution in [-0.4, -0.2) is 34.3 Å². The first-order chi connectivity index (χ1) is 14.0. The number of sulfone groups is 1. The van der Waals surface area contributed by atoms with E-state index in [0.717, 1.165) is 12.8 Å². The Kier molecular flexibility index (Phi) is 5.19. The third-order valence-electron chi connectivity index (χ3n) is 5.28. The Hall–Kier alpha value is -3.00. The molecule has 1 saturated carbocycles. The number of anilines is 1. The highest BCUT2D eigenvalue weighted by molar-refractivity contribution is 7.92. The Morgan fingerprint density at radius 2 is 1.93 bits per heavy atom. The highest BCUT2D eigenvalue weighted by Crippen LogP contribution is 2.30. The second-order valence-corrected chi connectivity index (χ2v) is 9.40. The number of benzene rings is 1. The lowest BCUT2D eigenvalue weighted by molar-refractivity contribution is 0.102. The molecule has 1 fully saturated rings. The normalized spacial score (nSPS) is 14.8. The molecule has 0 saturated heterocycles. The molecule has 7 nitrogen and oxygen atoms in total. The summed E-state index contributed by atoms with van der Waals surface area (Å²) in [5.41, 5.74) is 1.50. The number of pyridine rings is 1. The van der Waals surface area contributed by atoms with Crippen LogP contribution < -0.4 is 5.32 Å². The van der Waals surface area contributed by atoms with Crippen LogP contribution in [0.25, 0.3) is 5.82 Å². The zero-order valence-electron chi connectivity index (χ0n) is 16.1. The number of hydrogen-bond acceptors (Lipinski definition) is 5. The van der Waals surface area contributed by atoms with Crippen molar-refractivity contribution in [2.45, 2.75) is 42.8 Å². The van der Waals surface area contributed by atoms with Crippen LogP contribution in [0.2, 0.25) is 0 Å². The van der Waals surface area contributed by atoms with Crippen molar-refractivity contribution in [2.24, 2.45) is 0 Å². The molecule has 1 aromatic carbocycles. The summed E-state index contributed by atoms with van der Waals surface area (Å²) in [6.07, 6.45) is 6.43. The van der Waals surface area contributed by atoms with Gasteiger partial charge in [-0.25, -0.2) is 18.1 Å². The molecule has 29 heavy (non-hydrogen) atoms. The monoisotopic (exact) mass is 410 g/mol. The highest BCUT2D eigenvalue weighted by atomic mass is 32.2. The van der Waals surface area contributed by atoms with Gasteiger partial charge in [0.25, 0.3) is 5.91 Å². The number of carbonyl (C=O) groups excluding carboxylic acids is 1. The van der Waals surface area contributed by atoms with E-state index in [4.69, 9.17) is 0 Å². The maximum Gasteiger partial charge on any atom is 0.259 e. The minimum atomic E-state index is -3.38. The molecule has 4 rings (SSSR count). The van der Waals surface area contributed by atoms with Gasteiger partial charge in [-0.3, -0.25) is 4.79 Å². The number of nitrogens with one attached hydrogen (secondary N) is 1. The lowest BCUT2D eigenvalue weighted by Gasteiger charge is -2.12. The first kappa shape index (κ1) is 19.3. The Bertz CT molecular complexity index is 1130. The molecular weight excluding hydrogens is 388 g/mol. The van der Waals surface area contributed by atoms with E-state index < -0.39 is 9.84 Å². The summed E-state index contributed by atoms with van der Waals surface area (Å²) in [4.78, 5) is 17.3. The van der Waals surface area contributed by atoms with Crippen molar-refractivity contribution in [3.63, 3.8) is 0 Å². The highest BCUT2D eigenvalue weighted by Gasteiger charge is 2.30. The molecule has 1 amide bonds. The summed E-state index contributed by atoms with van der Waals surface area (Å²) in [5.74, 6) is 0.272. The maximum absolute atomic E-state index is 12.8. The molecule has 8 heteroatoms. The average molecular weight is 410 g/mol. The second-order valence-electron chi connectivity index (χ2n) is 7.18. The number of amides is 1. The molecule has 150 valence electrons. The largest absolute Gasteiger partial charge is 0.322 e. The quantitative estimate of drug-likeness (QED) is 0.694. The van der Waals surface area contributed by atoms with E-state index in [-0.39, 0.29) is 16.1 Å². The van der Waals surface area contributed by atoms with Crippen LogP contribution in [0.3, 0.4) is 0 Å². The van der Waals surface area contributed by atoms with Crippen LogP contribution in [0.15, 0.2) is 59.8 Å². The van der Waals surface area contributed by atoms with Crippen molar-refractivity contribution in [3.05, 3.63) is 66.1 Å². The van der Waals surface area contributed by atoms with Crippen LogP contribution in [0.4, 0.5) is 5.69 Å². The predicted octanol–water partition coefficient (Wildman–Crippen LogP) is 3.54. The molecule has 0 radical (unpaired) electrons. The summed E-state index contributed by atoms with van der Waals surface area (Å²) < 4.78 is 27.2. The van der Waals surface area contributed by atoms with Crippen LogP contribution in [0, 0.1) is 6.92 Å². The van der Waals surface area contributed by atoms with Crippen LogP contribution >= 0.6 is 0 Å². The lowest BCUT2D eigenvalue weighted by atomic mass is 10.2. The van der Waals surface area contributed by atoms with Gasteiger partial charge in [-0.05, 0) is 50.1 Å². The minimum absolute atomic E-state index is 0.253. The smallest absolute Gasteiger partial charge is 0.259 e. The maximum atomic E-state index is 12.8. The molecule has 3 aromatic rings. The molecule has 0 bridgehead atoms. The number of carbonyl (C=O) groups is 1. The molecule has 0 spiro atoms. The van der Waals surface area contributed by atoms with E-state index in [0.29, 0.717) is 35.6 Å². The Balaban J connectivity index is 1.56. The summed E-state index contributed by atoms with van der Waals surface area (Å²) in [7, 11) is -3.38. The standard InChI is InChI=1S/C21H22N4O3S/c1-15-19(14-23-25(15)20-11-4-5-12-22-20)21(26)24-16-7-6-10-18(13-16)29(27,28)17-8-2-3-9-17/h4-7,10-14,17H,2-3,8-9H2,1H3,(H,24,26). The summed E-state index contributed by atoms with van der Waals surface area (Å²) in [5, 5.41) is 6.72. The van der Waals surface area contributed by atoms with Crippen molar-refractivity contribution in [1.29, 1.82) is 0 Å². The van der Waals surface area contributed by atoms with Crippen molar-refractivity contribution in [1.82, 2.24) is 14.8 Å². The van der Waals surface area contributed by atoms with Crippen LogP contribution in [0.5, 0.6) is 0 Å². The zero-order chi connectivity index (χ0) is 20.4. The molecule has 0 atom stereocenters. The summed E-state index contributed by atoms with van der Waals surface area (Å²) in [6.45, 7) is 1.79. The van der Waals surface area contributed by atoms with Crippen LogP contribution in [0.1, 0.15) is 41.7 Å². The van der Waals surface area contributed by atoms with E-state index in [1.165, 1.54) is 12.3 Å². The molecular formula is C21H22N4O3S. The van der Waals surface area contributed by atoms with Gasteiger partial charge in [0.05, 0.1) is 27.6 Å². The summed E-state index contributed by atoms with van der Waals surface area (Å²) >= 11 is 0. The predicted molar refractivity (Wildman–Crippen MR) is 110 cm³/mol. The zero-order valence-corrected chi connectivity index (χ0v) is 16.9. The fourth-order valence-corrected chi connectivity index (χ4v) is 5.58. The molecule has 2 heterocycles. The number of nitrogens with zero attached hydrogens (tertiary/aromatic N) is 3. The summed E-state index contributed by atoms with van der Waals surface area (Å²) in [6, 6.07) is 11.9. The van der Waals surface area contributed by atoms with Gasteiger partial charge in [0.1, 0.15) is 0 Å². The lowest BCUT2D eigenvalue weighted by Crippen LogP contribution is -2.18. The Labute approximate surface area is 169 Å². The van der Waals surface area contributed by atoms with Gasteiger partial charge in [-0.15, -0.1) is 0 Å². The fraction of sp³-hybridized carbons (Fsp3) is 0.286. The second kappa shape index (κ2) is 7.79. The van der Waals surface area contributed by atoms with Crippen molar-refractivity contribution >= 4 is 21.4 Å². The Morgan fingerprint density at radius 3 is 2.66 bits per heavy atom. The third kappa shape index (κ3) is 3.80. The average Bonchev–Trinajstić information content (AvgIpc) is 3.39. The van der Waals surface area contributed by atoms with Gasteiger partial charge in [-0.1, -0.05) is 25.0 Å². The number of hydrogen-bond donors (Lipinski definition) is 1. The van der Waals surface area contributed by atoms with E-state index in [1.807, 2.05) is 12.1 Å². The Morgan fingerprint density at radius 1 is 1.14 bits per heavy atom. The third-order valence-corrected chi connectivity index (χ3v) is 7.54. The molecule has 0 unspecified atom stereocenters. The van der Waals surface area contributed by atoms with Gasteiger partial charge >= 0.3 is 0 Å². The van der Waals surface area contributed by atoms with E-state index >= 15 is 0 Å². The molecule has 1 aliphatic rings. The molecule has 1 N–H and O–H groups in total.